The van der Waals surface area contributed by atoms with E-state index < -0.39 is 0 Å². The van der Waals surface area contributed by atoms with Crippen LogP contribution in [0, 0.1) is 11.8 Å². The molecule has 0 spiro atoms. The summed E-state index contributed by atoms with van der Waals surface area (Å²) in [7, 11) is 0. The Balaban J connectivity index is 1.87. The molecule has 0 saturated heterocycles. The monoisotopic (exact) mass is 266 g/mol. The molecule has 1 aliphatic rings. The van der Waals surface area contributed by atoms with Crippen molar-refractivity contribution in [1.82, 2.24) is 10.3 Å². The third-order valence-electron chi connectivity index (χ3n) is 4.19. The number of thiazole rings is 1. The van der Waals surface area contributed by atoms with Gasteiger partial charge in [-0.05, 0) is 44.1 Å². The third kappa shape index (κ3) is 3.55. The van der Waals surface area contributed by atoms with Crippen molar-refractivity contribution in [1.29, 1.82) is 0 Å². The third-order valence-corrected chi connectivity index (χ3v) is 5.25. The highest BCUT2D eigenvalue weighted by molar-refractivity contribution is 7.09. The number of hydrogen-bond donors (Lipinski definition) is 1. The maximum absolute atomic E-state index is 4.80. The molecule has 18 heavy (non-hydrogen) atoms. The van der Waals surface area contributed by atoms with Crippen LogP contribution in [0.4, 0.5) is 0 Å². The normalized spacial score (nSPS) is 24.7. The maximum Gasteiger partial charge on any atom is 0.0959 e. The largest absolute Gasteiger partial charge is 0.311 e. The summed E-state index contributed by atoms with van der Waals surface area (Å²) in [6, 6.07) is 0. The van der Waals surface area contributed by atoms with Crippen molar-refractivity contribution in [2.45, 2.75) is 58.9 Å². The highest BCUT2D eigenvalue weighted by atomic mass is 32.1. The molecule has 0 atom stereocenters. The molecule has 1 heterocycles. The van der Waals surface area contributed by atoms with E-state index in [1.54, 1.807) is 0 Å². The molecule has 1 fully saturated rings. The minimum atomic E-state index is 0.736. The lowest BCUT2D eigenvalue weighted by molar-refractivity contribution is 0.258. The highest BCUT2D eigenvalue weighted by Crippen LogP contribution is 2.39. The van der Waals surface area contributed by atoms with Crippen LogP contribution in [0.5, 0.6) is 0 Å². The van der Waals surface area contributed by atoms with Gasteiger partial charge in [-0.25, -0.2) is 4.98 Å². The van der Waals surface area contributed by atoms with Crippen LogP contribution in [-0.4, -0.2) is 11.5 Å². The summed E-state index contributed by atoms with van der Waals surface area (Å²) >= 11 is 1.87. The van der Waals surface area contributed by atoms with Crippen LogP contribution >= 0.6 is 11.3 Å². The lowest BCUT2D eigenvalue weighted by Gasteiger charge is -2.29. The molecule has 3 heteroatoms. The molecule has 0 aliphatic heterocycles. The summed E-state index contributed by atoms with van der Waals surface area (Å²) in [5.41, 5.74) is 1.22. The van der Waals surface area contributed by atoms with Crippen molar-refractivity contribution in [3.8, 4) is 0 Å². The topological polar surface area (TPSA) is 24.9 Å². The number of nitrogens with one attached hydrogen (secondary N) is 1. The van der Waals surface area contributed by atoms with Gasteiger partial charge in [0.1, 0.15) is 0 Å². The van der Waals surface area contributed by atoms with Crippen molar-refractivity contribution in [3.63, 3.8) is 0 Å². The summed E-state index contributed by atoms with van der Waals surface area (Å²) in [6.07, 6.45) is 5.48. The number of aromatic nitrogens is 1. The van der Waals surface area contributed by atoms with Crippen LogP contribution in [0.25, 0.3) is 0 Å². The molecule has 1 aromatic rings. The van der Waals surface area contributed by atoms with Crippen LogP contribution in [-0.2, 0) is 6.54 Å². The van der Waals surface area contributed by atoms with Gasteiger partial charge in [-0.15, -0.1) is 11.3 Å². The standard InChI is InChI=1S/C15H26N2S/c1-4-16-9-14-10-18-15(17-14)13-7-5-12(6-8-13)11(2)3/h10-13,16H,4-9H2,1-3H3. The maximum atomic E-state index is 4.80. The van der Waals surface area contributed by atoms with Gasteiger partial charge in [-0.3, -0.25) is 0 Å². The van der Waals surface area contributed by atoms with Gasteiger partial charge in [0.25, 0.3) is 0 Å². The van der Waals surface area contributed by atoms with Gasteiger partial charge in [0.15, 0.2) is 0 Å². The summed E-state index contributed by atoms with van der Waals surface area (Å²) in [5, 5.41) is 6.96. The fourth-order valence-electron chi connectivity index (χ4n) is 2.88. The van der Waals surface area contributed by atoms with Crippen LogP contribution in [0.3, 0.4) is 0 Å². The van der Waals surface area contributed by atoms with E-state index in [1.165, 1.54) is 36.4 Å². The van der Waals surface area contributed by atoms with Gasteiger partial charge in [-0.2, -0.15) is 0 Å². The zero-order chi connectivity index (χ0) is 13.0. The molecule has 1 saturated carbocycles. The molecule has 1 aromatic heterocycles. The second-order valence-corrected chi connectivity index (χ2v) is 6.70. The fraction of sp³-hybridized carbons (Fsp3) is 0.800. The molecule has 1 aliphatic carbocycles. The first-order valence-corrected chi connectivity index (χ1v) is 8.23. The quantitative estimate of drug-likeness (QED) is 0.864. The Morgan fingerprint density at radius 2 is 2.06 bits per heavy atom. The van der Waals surface area contributed by atoms with E-state index in [9.17, 15) is 0 Å². The molecule has 1 N–H and O–H groups in total. The number of rotatable bonds is 5. The molecule has 0 aromatic carbocycles. The first-order valence-electron chi connectivity index (χ1n) is 7.35. The zero-order valence-electron chi connectivity index (χ0n) is 11.9. The van der Waals surface area contributed by atoms with E-state index in [0.29, 0.717) is 0 Å². The molecule has 0 bridgehead atoms. The summed E-state index contributed by atoms with van der Waals surface area (Å²) < 4.78 is 0. The fourth-order valence-corrected chi connectivity index (χ4v) is 3.87. The smallest absolute Gasteiger partial charge is 0.0959 e. The van der Waals surface area contributed by atoms with Crippen molar-refractivity contribution >= 4 is 11.3 Å². The van der Waals surface area contributed by atoms with Crippen LogP contribution in [0.1, 0.15) is 63.1 Å². The highest BCUT2D eigenvalue weighted by Gasteiger charge is 2.25. The van der Waals surface area contributed by atoms with Crippen LogP contribution < -0.4 is 5.32 Å². The van der Waals surface area contributed by atoms with E-state index >= 15 is 0 Å². The van der Waals surface area contributed by atoms with Crippen LogP contribution in [0.2, 0.25) is 0 Å². The van der Waals surface area contributed by atoms with Crippen molar-refractivity contribution in [3.05, 3.63) is 16.1 Å². The van der Waals surface area contributed by atoms with E-state index in [2.05, 4.69) is 31.5 Å². The van der Waals surface area contributed by atoms with Gasteiger partial charge in [0, 0.05) is 17.8 Å². The molecule has 102 valence electrons. The SMILES string of the molecule is CCNCc1csc(C2CCC(C(C)C)CC2)n1. The predicted molar refractivity (Wildman–Crippen MR) is 79.0 cm³/mol. The second-order valence-electron chi connectivity index (χ2n) is 5.81. The van der Waals surface area contributed by atoms with E-state index in [4.69, 9.17) is 4.98 Å². The first kappa shape index (κ1) is 14.0. The molecule has 0 amide bonds. The van der Waals surface area contributed by atoms with Gasteiger partial charge in [0.05, 0.1) is 10.7 Å². The Labute approximate surface area is 115 Å². The Morgan fingerprint density at radius 1 is 1.33 bits per heavy atom. The Morgan fingerprint density at radius 3 is 2.67 bits per heavy atom. The predicted octanol–water partition coefficient (Wildman–Crippen LogP) is 4.18. The van der Waals surface area contributed by atoms with Gasteiger partial charge in [0.2, 0.25) is 0 Å². The Kier molecular flexibility index (Phi) is 5.19. The Hall–Kier alpha value is -0.410. The van der Waals surface area contributed by atoms with Crippen molar-refractivity contribution in [2.24, 2.45) is 11.8 Å². The summed E-state index contributed by atoms with van der Waals surface area (Å²) in [4.78, 5) is 4.80. The Bertz CT molecular complexity index is 351. The van der Waals surface area contributed by atoms with Gasteiger partial charge in [-0.1, -0.05) is 20.8 Å². The molecule has 0 unspecified atom stereocenters. The molecule has 2 rings (SSSR count). The van der Waals surface area contributed by atoms with E-state index in [-0.39, 0.29) is 0 Å². The van der Waals surface area contributed by atoms with Gasteiger partial charge < -0.3 is 5.32 Å². The summed E-state index contributed by atoms with van der Waals surface area (Å²) in [5.74, 6) is 2.54. The molecule has 2 nitrogen and oxygen atoms in total. The minimum absolute atomic E-state index is 0.736. The van der Waals surface area contributed by atoms with E-state index in [1.807, 2.05) is 11.3 Å². The van der Waals surface area contributed by atoms with Crippen LogP contribution in [0.15, 0.2) is 5.38 Å². The lowest BCUT2D eigenvalue weighted by atomic mass is 9.77. The molecule has 0 radical (unpaired) electrons. The van der Waals surface area contributed by atoms with E-state index in [0.717, 1.165) is 30.8 Å². The lowest BCUT2D eigenvalue weighted by Crippen LogP contribution is -2.17. The van der Waals surface area contributed by atoms with Crippen molar-refractivity contribution in [2.75, 3.05) is 6.54 Å². The first-order chi connectivity index (χ1) is 8.70. The number of nitrogens with zero attached hydrogens (tertiary/aromatic N) is 1. The zero-order valence-corrected chi connectivity index (χ0v) is 12.7. The summed E-state index contributed by atoms with van der Waals surface area (Å²) in [6.45, 7) is 8.81. The average Bonchev–Trinajstić information content (AvgIpc) is 2.85. The average molecular weight is 266 g/mol. The molecular weight excluding hydrogens is 240 g/mol. The number of hydrogen-bond acceptors (Lipinski definition) is 3. The van der Waals surface area contributed by atoms with Crippen molar-refractivity contribution < 1.29 is 0 Å². The minimum Gasteiger partial charge on any atom is -0.311 e. The second kappa shape index (κ2) is 6.67. The molecular formula is C15H26N2S. The van der Waals surface area contributed by atoms with Gasteiger partial charge >= 0.3 is 0 Å².